The maximum absolute atomic E-state index is 12.8. The van der Waals surface area contributed by atoms with E-state index in [9.17, 15) is 9.18 Å². The first-order chi connectivity index (χ1) is 9.60. The van der Waals surface area contributed by atoms with E-state index in [4.69, 9.17) is 4.74 Å². The van der Waals surface area contributed by atoms with Crippen molar-refractivity contribution in [2.45, 2.75) is 26.9 Å². The molecule has 2 aromatic carbocycles. The molecule has 0 fully saturated rings. The second kappa shape index (κ2) is 6.33. The van der Waals surface area contributed by atoms with Crippen molar-refractivity contribution in [3.63, 3.8) is 0 Å². The van der Waals surface area contributed by atoms with E-state index in [1.54, 1.807) is 12.1 Å². The van der Waals surface area contributed by atoms with Gasteiger partial charge in [-0.1, -0.05) is 30.7 Å². The highest BCUT2D eigenvalue weighted by atomic mass is 19.1. The summed E-state index contributed by atoms with van der Waals surface area (Å²) in [4.78, 5) is 11.9. The summed E-state index contributed by atoms with van der Waals surface area (Å²) < 4.78 is 18.5. The predicted octanol–water partition coefficient (Wildman–Crippen LogP) is 4.31. The van der Waals surface area contributed by atoms with Crippen molar-refractivity contribution in [2.24, 2.45) is 0 Å². The molecule has 0 radical (unpaired) electrons. The molecule has 0 spiro atoms. The van der Waals surface area contributed by atoms with E-state index in [1.807, 2.05) is 32.0 Å². The van der Waals surface area contributed by atoms with Crippen LogP contribution in [0.15, 0.2) is 42.5 Å². The molecule has 0 bridgehead atoms. The average molecular weight is 272 g/mol. The van der Waals surface area contributed by atoms with Crippen LogP contribution in [0.4, 0.5) is 4.39 Å². The maximum atomic E-state index is 12.8. The number of aryl methyl sites for hydroxylation is 1. The minimum atomic E-state index is -0.272. The van der Waals surface area contributed by atoms with Crippen molar-refractivity contribution in [3.05, 3.63) is 65.0 Å². The molecule has 0 amide bonds. The van der Waals surface area contributed by atoms with Gasteiger partial charge in [0.2, 0.25) is 0 Å². The smallest absolute Gasteiger partial charge is 0.166 e. The van der Waals surface area contributed by atoms with Crippen LogP contribution in [0, 0.1) is 12.7 Å². The Morgan fingerprint density at radius 3 is 2.50 bits per heavy atom. The van der Waals surface area contributed by atoms with Crippen LogP contribution < -0.4 is 4.74 Å². The monoisotopic (exact) mass is 272 g/mol. The van der Waals surface area contributed by atoms with Gasteiger partial charge in [0, 0.05) is 6.42 Å². The molecular formula is C17H17FO2. The molecule has 0 atom stereocenters. The maximum Gasteiger partial charge on any atom is 0.166 e. The zero-order chi connectivity index (χ0) is 14.5. The molecule has 0 heterocycles. The van der Waals surface area contributed by atoms with Crippen LogP contribution in [0.5, 0.6) is 5.75 Å². The van der Waals surface area contributed by atoms with E-state index >= 15 is 0 Å². The molecule has 0 aromatic heterocycles. The Morgan fingerprint density at radius 1 is 1.15 bits per heavy atom. The summed E-state index contributed by atoms with van der Waals surface area (Å²) >= 11 is 0. The van der Waals surface area contributed by atoms with Crippen molar-refractivity contribution in [1.82, 2.24) is 0 Å². The molecule has 0 aliphatic carbocycles. The average Bonchev–Trinajstić information content (AvgIpc) is 2.46. The molecule has 0 saturated carbocycles. The SMILES string of the molecule is CCC(=O)c1cc(C)ccc1OCc1ccc(F)cc1. The molecule has 0 saturated heterocycles. The minimum Gasteiger partial charge on any atom is -0.488 e. The van der Waals surface area contributed by atoms with Crippen LogP contribution in [-0.4, -0.2) is 5.78 Å². The Bertz CT molecular complexity index is 603. The van der Waals surface area contributed by atoms with E-state index in [0.29, 0.717) is 24.3 Å². The van der Waals surface area contributed by atoms with Crippen LogP contribution in [0.25, 0.3) is 0 Å². The fourth-order valence-corrected chi connectivity index (χ4v) is 1.92. The van der Waals surface area contributed by atoms with Gasteiger partial charge in [0.05, 0.1) is 5.56 Å². The largest absolute Gasteiger partial charge is 0.488 e. The van der Waals surface area contributed by atoms with E-state index in [2.05, 4.69) is 0 Å². The second-order valence-electron chi connectivity index (χ2n) is 4.69. The van der Waals surface area contributed by atoms with E-state index in [1.165, 1.54) is 12.1 Å². The lowest BCUT2D eigenvalue weighted by Crippen LogP contribution is -2.04. The zero-order valence-electron chi connectivity index (χ0n) is 11.7. The lowest BCUT2D eigenvalue weighted by atomic mass is 10.0. The fourth-order valence-electron chi connectivity index (χ4n) is 1.92. The van der Waals surface area contributed by atoms with Gasteiger partial charge < -0.3 is 4.74 Å². The van der Waals surface area contributed by atoms with Gasteiger partial charge in [-0.05, 0) is 36.8 Å². The fraction of sp³-hybridized carbons (Fsp3) is 0.235. The number of ketones is 1. The van der Waals surface area contributed by atoms with Gasteiger partial charge in [-0.15, -0.1) is 0 Å². The molecule has 0 N–H and O–H groups in total. The van der Waals surface area contributed by atoms with Crippen molar-refractivity contribution >= 4 is 5.78 Å². The summed E-state index contributed by atoms with van der Waals surface area (Å²) in [6, 6.07) is 11.7. The number of hydrogen-bond donors (Lipinski definition) is 0. The molecule has 20 heavy (non-hydrogen) atoms. The van der Waals surface area contributed by atoms with Crippen molar-refractivity contribution < 1.29 is 13.9 Å². The Morgan fingerprint density at radius 2 is 1.85 bits per heavy atom. The molecule has 0 unspecified atom stereocenters. The summed E-state index contributed by atoms with van der Waals surface area (Å²) in [6.07, 6.45) is 0.441. The van der Waals surface area contributed by atoms with Crippen molar-refractivity contribution in [1.29, 1.82) is 0 Å². The topological polar surface area (TPSA) is 26.3 Å². The molecule has 2 nitrogen and oxygen atoms in total. The molecule has 2 rings (SSSR count). The quantitative estimate of drug-likeness (QED) is 0.758. The molecular weight excluding hydrogens is 255 g/mol. The molecule has 3 heteroatoms. The first-order valence-corrected chi connectivity index (χ1v) is 6.61. The highest BCUT2D eigenvalue weighted by molar-refractivity contribution is 5.98. The van der Waals surface area contributed by atoms with Crippen molar-refractivity contribution in [2.75, 3.05) is 0 Å². The minimum absolute atomic E-state index is 0.0582. The van der Waals surface area contributed by atoms with Gasteiger partial charge in [-0.3, -0.25) is 4.79 Å². The number of carbonyl (C=O) groups excluding carboxylic acids is 1. The van der Waals surface area contributed by atoms with Gasteiger partial charge in [-0.2, -0.15) is 0 Å². The number of rotatable bonds is 5. The molecule has 104 valence electrons. The molecule has 0 aliphatic rings. The third-order valence-corrected chi connectivity index (χ3v) is 3.06. The van der Waals surface area contributed by atoms with E-state index in [-0.39, 0.29) is 11.6 Å². The summed E-state index contributed by atoms with van der Waals surface area (Å²) in [6.45, 7) is 4.08. The lowest BCUT2D eigenvalue weighted by Gasteiger charge is -2.11. The Balaban J connectivity index is 2.16. The lowest BCUT2D eigenvalue weighted by molar-refractivity contribution is 0.0983. The van der Waals surface area contributed by atoms with Gasteiger partial charge in [0.15, 0.2) is 5.78 Å². The standard InChI is InChI=1S/C17H17FO2/c1-3-16(19)15-10-12(2)4-9-17(15)20-11-13-5-7-14(18)8-6-13/h4-10H,3,11H2,1-2H3. The number of benzene rings is 2. The number of halogens is 1. The normalized spacial score (nSPS) is 10.3. The van der Waals surface area contributed by atoms with E-state index in [0.717, 1.165) is 11.1 Å². The number of Topliss-reactive ketones (excluding diaryl/α,β-unsaturated/α-hetero) is 1. The molecule has 0 aliphatic heterocycles. The highest BCUT2D eigenvalue weighted by Crippen LogP contribution is 2.22. The summed E-state index contributed by atoms with van der Waals surface area (Å²) in [5, 5.41) is 0. The number of hydrogen-bond acceptors (Lipinski definition) is 2. The Kier molecular flexibility index (Phi) is 4.51. The van der Waals surface area contributed by atoms with Crippen LogP contribution in [0.2, 0.25) is 0 Å². The van der Waals surface area contributed by atoms with Crippen LogP contribution in [0.3, 0.4) is 0 Å². The number of ether oxygens (including phenoxy) is 1. The molecule has 2 aromatic rings. The van der Waals surface area contributed by atoms with Crippen LogP contribution >= 0.6 is 0 Å². The van der Waals surface area contributed by atoms with Crippen LogP contribution in [-0.2, 0) is 6.61 Å². The zero-order valence-corrected chi connectivity index (χ0v) is 11.7. The van der Waals surface area contributed by atoms with E-state index < -0.39 is 0 Å². The predicted molar refractivity (Wildman–Crippen MR) is 76.5 cm³/mol. The summed E-state index contributed by atoms with van der Waals surface area (Å²) in [5.74, 6) is 0.362. The highest BCUT2D eigenvalue weighted by Gasteiger charge is 2.11. The first-order valence-electron chi connectivity index (χ1n) is 6.61. The van der Waals surface area contributed by atoms with Gasteiger partial charge in [-0.25, -0.2) is 4.39 Å². The summed E-state index contributed by atoms with van der Waals surface area (Å²) in [7, 11) is 0. The third kappa shape index (κ3) is 3.44. The van der Waals surface area contributed by atoms with Gasteiger partial charge >= 0.3 is 0 Å². The van der Waals surface area contributed by atoms with Crippen LogP contribution in [0.1, 0.15) is 34.8 Å². The van der Waals surface area contributed by atoms with Gasteiger partial charge in [0.1, 0.15) is 18.2 Å². The first kappa shape index (κ1) is 14.3. The second-order valence-corrected chi connectivity index (χ2v) is 4.69. The van der Waals surface area contributed by atoms with Gasteiger partial charge in [0.25, 0.3) is 0 Å². The van der Waals surface area contributed by atoms with Crippen molar-refractivity contribution in [3.8, 4) is 5.75 Å². The third-order valence-electron chi connectivity index (χ3n) is 3.06. The Labute approximate surface area is 118 Å². The Hall–Kier alpha value is -2.16. The summed E-state index contributed by atoms with van der Waals surface area (Å²) in [5.41, 5.74) is 2.49. The number of carbonyl (C=O) groups is 1.